The molecular weight excluding hydrogens is 392 g/mol. The maximum absolute atomic E-state index is 13.3. The van der Waals surface area contributed by atoms with Crippen LogP contribution in [-0.4, -0.2) is 51.7 Å². The van der Waals surface area contributed by atoms with E-state index in [1.165, 1.54) is 0 Å². The van der Waals surface area contributed by atoms with E-state index in [0.29, 0.717) is 36.7 Å². The van der Waals surface area contributed by atoms with Crippen LogP contribution in [0.2, 0.25) is 0 Å². The molecule has 0 aliphatic carbocycles. The highest BCUT2D eigenvalue weighted by Gasteiger charge is 2.46. The molecular formula is C24H26N4O3. The van der Waals surface area contributed by atoms with Crippen LogP contribution in [0.5, 0.6) is 0 Å². The van der Waals surface area contributed by atoms with E-state index >= 15 is 0 Å². The summed E-state index contributed by atoms with van der Waals surface area (Å²) in [5.41, 5.74) is 3.71. The second kappa shape index (κ2) is 9.03. The summed E-state index contributed by atoms with van der Waals surface area (Å²) in [5, 5.41) is 28.0. The Morgan fingerprint density at radius 3 is 2.65 bits per heavy atom. The Morgan fingerprint density at radius 1 is 1.26 bits per heavy atom. The van der Waals surface area contributed by atoms with Crippen LogP contribution in [0.25, 0.3) is 5.69 Å². The molecule has 2 fully saturated rings. The van der Waals surface area contributed by atoms with Crippen molar-refractivity contribution in [2.24, 2.45) is 0 Å². The van der Waals surface area contributed by atoms with Gasteiger partial charge in [-0.1, -0.05) is 0 Å². The number of hydrogen-bond donors (Lipinski definition) is 1. The van der Waals surface area contributed by atoms with E-state index in [2.05, 4.69) is 17.0 Å². The van der Waals surface area contributed by atoms with E-state index in [9.17, 15) is 9.90 Å². The van der Waals surface area contributed by atoms with Crippen LogP contribution in [0.4, 0.5) is 0 Å². The molecule has 2 unspecified atom stereocenters. The van der Waals surface area contributed by atoms with Crippen molar-refractivity contribution in [2.75, 3.05) is 13.2 Å². The molecule has 0 amide bonds. The number of Topliss-reactive ketones (excluding diaryl/α,β-unsaturated/α-hetero) is 1. The van der Waals surface area contributed by atoms with Crippen molar-refractivity contribution < 1.29 is 14.6 Å². The van der Waals surface area contributed by atoms with Crippen LogP contribution in [0.1, 0.15) is 53.0 Å². The molecule has 0 spiro atoms. The van der Waals surface area contributed by atoms with Crippen LogP contribution < -0.4 is 0 Å². The molecule has 2 aliphatic heterocycles. The van der Waals surface area contributed by atoms with Gasteiger partial charge in [-0.2, -0.15) is 10.5 Å². The Balaban J connectivity index is 1.61. The van der Waals surface area contributed by atoms with Gasteiger partial charge in [-0.25, -0.2) is 0 Å². The summed E-state index contributed by atoms with van der Waals surface area (Å²) in [6, 6.07) is 13.6. The second-order valence-corrected chi connectivity index (χ2v) is 8.29. The van der Waals surface area contributed by atoms with Gasteiger partial charge in [0.2, 0.25) is 0 Å². The molecule has 3 heterocycles. The number of carbonyl (C=O) groups is 1. The summed E-state index contributed by atoms with van der Waals surface area (Å²) in [5.74, 6) is 0.0363. The molecule has 160 valence electrons. The minimum atomic E-state index is -0.333. The molecule has 0 saturated carbocycles. The number of nitrogens with zero attached hydrogens (tertiary/aromatic N) is 4. The number of rotatable bonds is 8. The number of ether oxygens (including phenoxy) is 1. The number of carbonyl (C=O) groups excluding carboxylic acids is 1. The molecule has 3 atom stereocenters. The standard InChI is InChI=1S/C24H26N4O3/c1-16-21(24(30)14-27-19-7-8-22(27)23(29)12-19)11-20(15-31-10-2-9-25)28(16)18-5-3-17(13-26)4-6-18/h3-6,11,19,22-23,29H,2,7-8,10,12,14-15H2,1H3/t19?,22?,23-/m0/s1. The summed E-state index contributed by atoms with van der Waals surface area (Å²) in [6.45, 7) is 2.83. The first-order valence-corrected chi connectivity index (χ1v) is 10.7. The number of aliphatic hydroxyl groups is 1. The number of aliphatic hydroxyl groups excluding tert-OH is 1. The van der Waals surface area contributed by atoms with Crippen LogP contribution in [0, 0.1) is 29.6 Å². The number of hydrogen-bond acceptors (Lipinski definition) is 6. The Kier molecular flexibility index (Phi) is 6.20. The average Bonchev–Trinajstić information content (AvgIpc) is 3.41. The highest BCUT2D eigenvalue weighted by atomic mass is 16.5. The predicted molar refractivity (Wildman–Crippen MR) is 114 cm³/mol. The largest absolute Gasteiger partial charge is 0.391 e. The van der Waals surface area contributed by atoms with Crippen LogP contribution in [0.15, 0.2) is 30.3 Å². The van der Waals surface area contributed by atoms with Crippen LogP contribution >= 0.6 is 0 Å². The molecule has 31 heavy (non-hydrogen) atoms. The third-order valence-corrected chi connectivity index (χ3v) is 6.46. The number of fused-ring (bicyclic) bond motifs is 2. The van der Waals surface area contributed by atoms with E-state index in [0.717, 1.165) is 36.3 Å². The summed E-state index contributed by atoms with van der Waals surface area (Å²) < 4.78 is 7.64. The van der Waals surface area contributed by atoms with Gasteiger partial charge in [0.25, 0.3) is 0 Å². The predicted octanol–water partition coefficient (Wildman–Crippen LogP) is 2.87. The molecule has 0 radical (unpaired) electrons. The minimum absolute atomic E-state index is 0.0363. The van der Waals surface area contributed by atoms with Crippen LogP contribution in [0.3, 0.4) is 0 Å². The van der Waals surface area contributed by atoms with Crippen molar-refractivity contribution in [1.82, 2.24) is 9.47 Å². The summed E-state index contributed by atoms with van der Waals surface area (Å²) in [4.78, 5) is 15.4. The lowest BCUT2D eigenvalue weighted by molar-refractivity contribution is 0.0873. The number of ketones is 1. The minimum Gasteiger partial charge on any atom is -0.391 e. The first-order chi connectivity index (χ1) is 15.0. The lowest BCUT2D eigenvalue weighted by Gasteiger charge is -2.21. The Morgan fingerprint density at radius 2 is 2.03 bits per heavy atom. The van der Waals surface area contributed by atoms with E-state index in [1.54, 1.807) is 12.1 Å². The van der Waals surface area contributed by atoms with Crippen molar-refractivity contribution in [3.8, 4) is 17.8 Å². The fourth-order valence-corrected chi connectivity index (χ4v) is 4.96. The van der Waals surface area contributed by atoms with Gasteiger partial charge < -0.3 is 14.4 Å². The normalized spacial score (nSPS) is 22.4. The molecule has 1 aromatic heterocycles. The van der Waals surface area contributed by atoms with Crippen molar-refractivity contribution in [3.63, 3.8) is 0 Å². The fraction of sp³-hybridized carbons (Fsp3) is 0.458. The quantitative estimate of drug-likeness (QED) is 0.522. The van der Waals surface area contributed by atoms with E-state index in [4.69, 9.17) is 15.3 Å². The molecule has 4 rings (SSSR count). The van der Waals surface area contributed by atoms with Crippen molar-refractivity contribution >= 4 is 5.78 Å². The second-order valence-electron chi connectivity index (χ2n) is 8.29. The maximum atomic E-state index is 13.3. The van der Waals surface area contributed by atoms with Gasteiger partial charge in [-0.05, 0) is 56.5 Å². The zero-order valence-corrected chi connectivity index (χ0v) is 17.6. The zero-order valence-electron chi connectivity index (χ0n) is 17.6. The summed E-state index contributed by atoms with van der Waals surface area (Å²) in [6.07, 6.45) is 2.71. The van der Waals surface area contributed by atoms with E-state index in [-0.39, 0.29) is 24.5 Å². The molecule has 2 saturated heterocycles. The smallest absolute Gasteiger partial charge is 0.178 e. The third-order valence-electron chi connectivity index (χ3n) is 6.46. The number of aromatic nitrogens is 1. The molecule has 1 aromatic carbocycles. The molecule has 2 bridgehead atoms. The third kappa shape index (κ3) is 4.13. The Labute approximate surface area is 182 Å². The number of nitriles is 2. The molecule has 2 aromatic rings. The highest BCUT2D eigenvalue weighted by molar-refractivity contribution is 5.99. The van der Waals surface area contributed by atoms with Crippen molar-refractivity contribution in [3.05, 3.63) is 52.8 Å². The zero-order chi connectivity index (χ0) is 22.0. The lowest BCUT2D eigenvalue weighted by atomic mass is 9.98. The highest BCUT2D eigenvalue weighted by Crippen LogP contribution is 2.37. The van der Waals surface area contributed by atoms with Gasteiger partial charge in [-0.15, -0.1) is 0 Å². The van der Waals surface area contributed by atoms with Crippen molar-refractivity contribution in [2.45, 2.75) is 57.4 Å². The molecule has 7 nitrogen and oxygen atoms in total. The van der Waals surface area contributed by atoms with Gasteiger partial charge in [0.05, 0.1) is 50.0 Å². The summed E-state index contributed by atoms with van der Waals surface area (Å²) in [7, 11) is 0. The van der Waals surface area contributed by atoms with Gasteiger partial charge >= 0.3 is 0 Å². The first kappa shape index (κ1) is 21.3. The maximum Gasteiger partial charge on any atom is 0.178 e. The first-order valence-electron chi connectivity index (χ1n) is 10.7. The summed E-state index contributed by atoms with van der Waals surface area (Å²) >= 11 is 0. The fourth-order valence-electron chi connectivity index (χ4n) is 4.96. The number of benzene rings is 1. The average molecular weight is 418 g/mol. The molecule has 7 heteroatoms. The Bertz CT molecular complexity index is 1040. The molecule has 1 N–H and O–H groups in total. The van der Waals surface area contributed by atoms with Crippen molar-refractivity contribution in [1.29, 1.82) is 10.5 Å². The van der Waals surface area contributed by atoms with Crippen LogP contribution in [-0.2, 0) is 11.3 Å². The van der Waals surface area contributed by atoms with Gasteiger partial charge in [0.15, 0.2) is 5.78 Å². The monoisotopic (exact) mass is 418 g/mol. The SMILES string of the molecule is Cc1c(C(=O)CN2C3CCC2[C@@H](O)C3)cc(COCCC#N)n1-c1ccc(C#N)cc1. The lowest BCUT2D eigenvalue weighted by Crippen LogP contribution is -2.36. The van der Waals surface area contributed by atoms with Gasteiger partial charge in [0.1, 0.15) is 0 Å². The topological polar surface area (TPSA) is 102 Å². The van der Waals surface area contributed by atoms with Gasteiger partial charge in [-0.3, -0.25) is 9.69 Å². The molecule has 2 aliphatic rings. The van der Waals surface area contributed by atoms with E-state index < -0.39 is 0 Å². The van der Waals surface area contributed by atoms with Gasteiger partial charge in [0, 0.05) is 34.7 Å². The Hall–Kier alpha value is -2.97. The van der Waals surface area contributed by atoms with E-state index in [1.807, 2.05) is 29.7 Å².